The summed E-state index contributed by atoms with van der Waals surface area (Å²) < 4.78 is 4.94. The molecular formula is C18H22ClN3O5. The molecule has 0 radical (unpaired) electrons. The van der Waals surface area contributed by atoms with E-state index in [9.17, 15) is 19.2 Å². The van der Waals surface area contributed by atoms with Gasteiger partial charge in [0.15, 0.2) is 6.61 Å². The lowest BCUT2D eigenvalue weighted by Crippen LogP contribution is -2.51. The molecule has 0 saturated carbocycles. The molecule has 1 atom stereocenters. The highest BCUT2D eigenvalue weighted by Gasteiger charge is 2.30. The highest BCUT2D eigenvalue weighted by molar-refractivity contribution is 6.30. The first kappa shape index (κ1) is 20.7. The molecule has 146 valence electrons. The SMILES string of the molecule is NC(=O)[C@H]1CCCCN1C(=O)COC(=O)CCNC(=O)c1ccc(Cl)cc1. The summed E-state index contributed by atoms with van der Waals surface area (Å²) in [6, 6.07) is 5.68. The Bertz CT molecular complexity index is 707. The number of primary amides is 1. The van der Waals surface area contributed by atoms with Crippen LogP contribution in [0.2, 0.25) is 5.02 Å². The van der Waals surface area contributed by atoms with Crippen molar-refractivity contribution in [2.75, 3.05) is 19.7 Å². The summed E-state index contributed by atoms with van der Waals surface area (Å²) in [4.78, 5) is 48.6. The topological polar surface area (TPSA) is 119 Å². The average molecular weight is 396 g/mol. The molecule has 0 aliphatic carbocycles. The van der Waals surface area contributed by atoms with Crippen molar-refractivity contribution in [2.45, 2.75) is 31.7 Å². The van der Waals surface area contributed by atoms with E-state index in [1.54, 1.807) is 24.3 Å². The first-order valence-electron chi connectivity index (χ1n) is 8.66. The highest BCUT2D eigenvalue weighted by Crippen LogP contribution is 2.17. The fourth-order valence-corrected chi connectivity index (χ4v) is 2.93. The van der Waals surface area contributed by atoms with Crippen molar-refractivity contribution in [1.82, 2.24) is 10.2 Å². The molecule has 3 N–H and O–H groups in total. The summed E-state index contributed by atoms with van der Waals surface area (Å²) in [7, 11) is 0. The number of hydrogen-bond acceptors (Lipinski definition) is 5. The normalized spacial score (nSPS) is 16.5. The van der Waals surface area contributed by atoms with E-state index in [1.807, 2.05) is 0 Å². The average Bonchev–Trinajstić information content (AvgIpc) is 2.66. The van der Waals surface area contributed by atoms with Crippen molar-refractivity contribution in [3.05, 3.63) is 34.9 Å². The summed E-state index contributed by atoms with van der Waals surface area (Å²) >= 11 is 5.76. The fraction of sp³-hybridized carbons (Fsp3) is 0.444. The van der Waals surface area contributed by atoms with E-state index >= 15 is 0 Å². The number of likely N-dealkylation sites (tertiary alicyclic amines) is 1. The molecule has 8 nitrogen and oxygen atoms in total. The Morgan fingerprint density at radius 2 is 1.89 bits per heavy atom. The third-order valence-corrected chi connectivity index (χ3v) is 4.48. The van der Waals surface area contributed by atoms with Crippen LogP contribution in [0.1, 0.15) is 36.0 Å². The van der Waals surface area contributed by atoms with Crippen LogP contribution in [0, 0.1) is 0 Å². The van der Waals surface area contributed by atoms with E-state index in [2.05, 4.69) is 5.32 Å². The van der Waals surface area contributed by atoms with Crippen LogP contribution in [0.4, 0.5) is 0 Å². The molecular weight excluding hydrogens is 374 g/mol. The number of esters is 1. The predicted octanol–water partition coefficient (Wildman–Crippen LogP) is 0.869. The van der Waals surface area contributed by atoms with Crippen molar-refractivity contribution < 1.29 is 23.9 Å². The number of ether oxygens (including phenoxy) is 1. The molecule has 1 aliphatic heterocycles. The van der Waals surface area contributed by atoms with E-state index in [4.69, 9.17) is 22.1 Å². The molecule has 1 heterocycles. The molecule has 0 aromatic heterocycles. The Kier molecular flexibility index (Phi) is 7.60. The monoisotopic (exact) mass is 395 g/mol. The van der Waals surface area contributed by atoms with E-state index in [0.29, 0.717) is 23.6 Å². The predicted molar refractivity (Wildman–Crippen MR) is 97.9 cm³/mol. The number of rotatable bonds is 7. The van der Waals surface area contributed by atoms with Crippen LogP contribution < -0.4 is 11.1 Å². The minimum Gasteiger partial charge on any atom is -0.456 e. The molecule has 0 spiro atoms. The van der Waals surface area contributed by atoms with Crippen molar-refractivity contribution in [1.29, 1.82) is 0 Å². The van der Waals surface area contributed by atoms with Crippen LogP contribution in [0.5, 0.6) is 0 Å². The van der Waals surface area contributed by atoms with Gasteiger partial charge in [-0.1, -0.05) is 11.6 Å². The van der Waals surface area contributed by atoms with E-state index in [0.717, 1.165) is 12.8 Å². The molecule has 3 amide bonds. The van der Waals surface area contributed by atoms with E-state index in [-0.39, 0.29) is 18.9 Å². The van der Waals surface area contributed by atoms with Crippen LogP contribution in [-0.4, -0.2) is 54.3 Å². The Morgan fingerprint density at radius 3 is 2.56 bits per heavy atom. The summed E-state index contributed by atoms with van der Waals surface area (Å²) in [5.74, 6) is -1.96. The number of piperidine rings is 1. The highest BCUT2D eigenvalue weighted by atomic mass is 35.5. The smallest absolute Gasteiger partial charge is 0.308 e. The van der Waals surface area contributed by atoms with Gasteiger partial charge in [0.2, 0.25) is 5.91 Å². The molecule has 1 aromatic rings. The summed E-state index contributed by atoms with van der Waals surface area (Å²) in [5, 5.41) is 3.10. The number of benzene rings is 1. The zero-order valence-electron chi connectivity index (χ0n) is 14.8. The Morgan fingerprint density at radius 1 is 1.19 bits per heavy atom. The van der Waals surface area contributed by atoms with Crippen LogP contribution in [0.15, 0.2) is 24.3 Å². The van der Waals surface area contributed by atoms with Gasteiger partial charge in [-0.25, -0.2) is 0 Å². The number of nitrogens with two attached hydrogens (primary N) is 1. The number of amides is 3. The second-order valence-corrected chi connectivity index (χ2v) is 6.61. The number of halogens is 1. The number of carbonyl (C=O) groups is 4. The van der Waals surface area contributed by atoms with Crippen LogP contribution >= 0.6 is 11.6 Å². The standard InChI is InChI=1S/C18H22ClN3O5/c19-13-6-4-12(5-7-13)18(26)21-9-8-16(24)27-11-15(23)22-10-2-1-3-14(22)17(20)25/h4-7,14H,1-3,8-11H2,(H2,20,25)(H,21,26)/t14-/m1/s1. The van der Waals surface area contributed by atoms with E-state index in [1.165, 1.54) is 4.90 Å². The summed E-state index contributed by atoms with van der Waals surface area (Å²) in [6.07, 6.45) is 2.04. The number of nitrogens with one attached hydrogen (secondary N) is 1. The zero-order chi connectivity index (χ0) is 19.8. The van der Waals surface area contributed by atoms with Crippen molar-refractivity contribution in [3.8, 4) is 0 Å². The van der Waals surface area contributed by atoms with Gasteiger partial charge >= 0.3 is 5.97 Å². The third kappa shape index (κ3) is 6.25. The summed E-state index contributed by atoms with van der Waals surface area (Å²) in [5.41, 5.74) is 5.74. The summed E-state index contributed by atoms with van der Waals surface area (Å²) in [6.45, 7) is 0.0387. The van der Waals surface area contributed by atoms with Gasteiger partial charge in [-0.2, -0.15) is 0 Å². The first-order valence-corrected chi connectivity index (χ1v) is 9.04. The van der Waals surface area contributed by atoms with Gasteiger partial charge in [0, 0.05) is 23.7 Å². The number of nitrogens with zero attached hydrogens (tertiary/aromatic N) is 1. The lowest BCUT2D eigenvalue weighted by molar-refractivity contribution is -0.154. The fourth-order valence-electron chi connectivity index (χ4n) is 2.80. The number of carbonyl (C=O) groups excluding carboxylic acids is 4. The first-order chi connectivity index (χ1) is 12.9. The second kappa shape index (κ2) is 9.91. The van der Waals surface area contributed by atoms with Gasteiger partial charge in [0.05, 0.1) is 6.42 Å². The zero-order valence-corrected chi connectivity index (χ0v) is 15.5. The maximum atomic E-state index is 12.2. The largest absolute Gasteiger partial charge is 0.456 e. The molecule has 1 fully saturated rings. The quantitative estimate of drug-likeness (QED) is 0.664. The number of hydrogen-bond donors (Lipinski definition) is 2. The van der Waals surface area contributed by atoms with Crippen LogP contribution in [0.3, 0.4) is 0 Å². The second-order valence-electron chi connectivity index (χ2n) is 6.17. The Balaban J connectivity index is 1.71. The van der Waals surface area contributed by atoms with Crippen molar-refractivity contribution >= 4 is 35.3 Å². The van der Waals surface area contributed by atoms with Crippen molar-refractivity contribution in [3.63, 3.8) is 0 Å². The van der Waals surface area contributed by atoms with E-state index < -0.39 is 30.4 Å². The molecule has 0 bridgehead atoms. The van der Waals surface area contributed by atoms with Gasteiger partial charge < -0.3 is 20.7 Å². The Labute approximate surface area is 162 Å². The lowest BCUT2D eigenvalue weighted by Gasteiger charge is -2.33. The molecule has 2 rings (SSSR count). The maximum absolute atomic E-state index is 12.2. The molecule has 0 unspecified atom stereocenters. The molecule has 1 aromatic carbocycles. The Hall–Kier alpha value is -2.61. The van der Waals surface area contributed by atoms with Gasteiger partial charge in [-0.05, 0) is 43.5 Å². The third-order valence-electron chi connectivity index (χ3n) is 4.23. The van der Waals surface area contributed by atoms with Crippen LogP contribution in [0.25, 0.3) is 0 Å². The molecule has 9 heteroatoms. The lowest BCUT2D eigenvalue weighted by atomic mass is 10.0. The van der Waals surface area contributed by atoms with Gasteiger partial charge in [0.25, 0.3) is 11.8 Å². The van der Waals surface area contributed by atoms with Gasteiger partial charge in [-0.3, -0.25) is 19.2 Å². The molecule has 1 saturated heterocycles. The molecule has 27 heavy (non-hydrogen) atoms. The molecule has 1 aliphatic rings. The minimum atomic E-state index is -0.649. The van der Waals surface area contributed by atoms with Crippen molar-refractivity contribution in [2.24, 2.45) is 5.73 Å². The minimum absolute atomic E-state index is 0.0715. The van der Waals surface area contributed by atoms with Gasteiger partial charge in [0.1, 0.15) is 6.04 Å². The maximum Gasteiger partial charge on any atom is 0.308 e. The van der Waals surface area contributed by atoms with Gasteiger partial charge in [-0.15, -0.1) is 0 Å². The van der Waals surface area contributed by atoms with Crippen LogP contribution in [-0.2, 0) is 19.1 Å².